The fourth-order valence-electron chi connectivity index (χ4n) is 10.2. The lowest BCUT2D eigenvalue weighted by Crippen LogP contribution is -2.60. The molecule has 0 aromatic carbocycles. The van der Waals surface area contributed by atoms with E-state index in [0.717, 1.165) is 77.0 Å². The average Bonchev–Trinajstić information content (AvgIpc) is 3.48. The van der Waals surface area contributed by atoms with E-state index in [9.17, 15) is 30.3 Å². The van der Waals surface area contributed by atoms with Crippen molar-refractivity contribution in [2.24, 2.45) is 0 Å². The predicted molar refractivity (Wildman–Crippen MR) is 336 cm³/mol. The molecule has 9 heteroatoms. The van der Waals surface area contributed by atoms with E-state index in [-0.39, 0.29) is 12.5 Å². The van der Waals surface area contributed by atoms with E-state index in [1.807, 2.05) is 6.08 Å². The van der Waals surface area contributed by atoms with Gasteiger partial charge in [0.15, 0.2) is 6.29 Å². The van der Waals surface area contributed by atoms with Gasteiger partial charge in [-0.15, -0.1) is 0 Å². The van der Waals surface area contributed by atoms with E-state index in [1.165, 1.54) is 199 Å². The third kappa shape index (κ3) is 47.6. The molecule has 0 aliphatic carbocycles. The Morgan fingerprint density at radius 1 is 0.443 bits per heavy atom. The first-order chi connectivity index (χ1) is 38.8. The number of carbonyl (C=O) groups is 1. The Morgan fingerprint density at radius 3 is 1.22 bits per heavy atom. The van der Waals surface area contributed by atoms with Crippen molar-refractivity contribution in [1.82, 2.24) is 5.32 Å². The summed E-state index contributed by atoms with van der Waals surface area (Å²) in [6.45, 7) is 3.65. The first kappa shape index (κ1) is 74.4. The summed E-state index contributed by atoms with van der Waals surface area (Å²) in [4.78, 5) is 13.1. The third-order valence-corrected chi connectivity index (χ3v) is 15.4. The molecule has 1 heterocycles. The van der Waals surface area contributed by atoms with Crippen LogP contribution in [0.4, 0.5) is 0 Å². The zero-order valence-corrected chi connectivity index (χ0v) is 51.1. The molecule has 458 valence electrons. The molecule has 1 rings (SSSR count). The topological polar surface area (TPSA) is 149 Å². The van der Waals surface area contributed by atoms with Crippen LogP contribution in [0.2, 0.25) is 0 Å². The summed E-state index contributed by atoms with van der Waals surface area (Å²) in [7, 11) is 0. The van der Waals surface area contributed by atoms with E-state index < -0.39 is 49.5 Å². The maximum Gasteiger partial charge on any atom is 0.220 e. The number of unbranched alkanes of at least 4 members (excludes halogenated alkanes) is 35. The first-order valence-electron chi connectivity index (χ1n) is 33.3. The highest BCUT2D eigenvalue weighted by Gasteiger charge is 2.44. The second kappa shape index (κ2) is 58.6. The predicted octanol–water partition coefficient (Wildman–Crippen LogP) is 17.7. The van der Waals surface area contributed by atoms with Crippen LogP contribution in [0.15, 0.2) is 85.1 Å². The van der Waals surface area contributed by atoms with E-state index in [1.54, 1.807) is 6.08 Å². The van der Waals surface area contributed by atoms with Crippen LogP contribution in [-0.4, -0.2) is 87.5 Å². The summed E-state index contributed by atoms with van der Waals surface area (Å²) in [5.74, 6) is -0.188. The quantitative estimate of drug-likeness (QED) is 0.0261. The molecule has 0 aromatic rings. The van der Waals surface area contributed by atoms with Gasteiger partial charge in [-0.05, 0) is 83.5 Å². The van der Waals surface area contributed by atoms with E-state index in [0.29, 0.717) is 6.42 Å². The average molecular weight is 1110 g/mol. The van der Waals surface area contributed by atoms with Gasteiger partial charge in [0, 0.05) is 6.42 Å². The second-order valence-electron chi connectivity index (χ2n) is 22.9. The molecule has 0 radical (unpaired) electrons. The van der Waals surface area contributed by atoms with Crippen LogP contribution in [0.3, 0.4) is 0 Å². The van der Waals surface area contributed by atoms with Crippen LogP contribution in [0.1, 0.15) is 296 Å². The smallest absolute Gasteiger partial charge is 0.220 e. The van der Waals surface area contributed by atoms with Crippen LogP contribution in [0.5, 0.6) is 0 Å². The van der Waals surface area contributed by atoms with Gasteiger partial charge in [0.2, 0.25) is 5.91 Å². The number of allylic oxidation sites excluding steroid dienone is 13. The zero-order valence-electron chi connectivity index (χ0n) is 51.1. The normalized spacial score (nSPS) is 19.1. The highest BCUT2D eigenvalue weighted by atomic mass is 16.7. The van der Waals surface area contributed by atoms with Crippen molar-refractivity contribution in [2.75, 3.05) is 13.2 Å². The number of nitrogens with one attached hydrogen (secondary N) is 1. The first-order valence-corrected chi connectivity index (χ1v) is 33.3. The molecule has 6 N–H and O–H groups in total. The summed E-state index contributed by atoms with van der Waals surface area (Å²) >= 11 is 0. The van der Waals surface area contributed by atoms with Gasteiger partial charge in [-0.3, -0.25) is 4.79 Å². The van der Waals surface area contributed by atoms with Crippen molar-refractivity contribution in [3.05, 3.63) is 85.1 Å². The Labute approximate surface area is 486 Å². The molecule has 1 aliphatic rings. The van der Waals surface area contributed by atoms with E-state index in [2.05, 4.69) is 92.1 Å². The van der Waals surface area contributed by atoms with Crippen LogP contribution in [0, 0.1) is 0 Å². The number of hydrogen-bond donors (Lipinski definition) is 6. The molecule has 1 aliphatic heterocycles. The van der Waals surface area contributed by atoms with Crippen LogP contribution in [-0.2, 0) is 14.3 Å². The van der Waals surface area contributed by atoms with Crippen molar-refractivity contribution in [3.63, 3.8) is 0 Å². The number of aliphatic hydroxyl groups excluding tert-OH is 5. The van der Waals surface area contributed by atoms with Gasteiger partial charge in [-0.25, -0.2) is 0 Å². The molecule has 0 aromatic heterocycles. The molecule has 0 spiro atoms. The van der Waals surface area contributed by atoms with Crippen molar-refractivity contribution in [3.8, 4) is 0 Å². The minimum atomic E-state index is -1.58. The molecule has 79 heavy (non-hydrogen) atoms. The van der Waals surface area contributed by atoms with Crippen LogP contribution >= 0.6 is 0 Å². The molecular formula is C70H125NO8. The number of carbonyl (C=O) groups excluding carboxylic acids is 1. The molecule has 1 saturated heterocycles. The van der Waals surface area contributed by atoms with Gasteiger partial charge in [0.05, 0.1) is 25.4 Å². The summed E-state index contributed by atoms with van der Waals surface area (Å²) < 4.78 is 11.3. The van der Waals surface area contributed by atoms with Crippen LogP contribution in [0.25, 0.3) is 0 Å². The molecular weight excluding hydrogens is 983 g/mol. The number of rotatable bonds is 57. The Kier molecular flexibility index (Phi) is 55.1. The Hall–Kier alpha value is -2.63. The SMILES string of the molecule is CC/C=C\C/C=C\C/C=C\C/C=C\CCCCCCCCCCCCCCCCCCCCCCCCCCCCC(=O)NC(COC1OC(CO)C(O)C(O)C1O)C(O)/C=C/CC/C=C/CC/C=C/CCCCCCCCC. The summed E-state index contributed by atoms with van der Waals surface area (Å²) in [5.41, 5.74) is 0. The molecule has 0 bridgehead atoms. The molecule has 1 amide bonds. The molecule has 9 nitrogen and oxygen atoms in total. The maximum absolute atomic E-state index is 13.1. The van der Waals surface area contributed by atoms with Gasteiger partial charge >= 0.3 is 0 Å². The van der Waals surface area contributed by atoms with E-state index in [4.69, 9.17) is 9.47 Å². The fourth-order valence-corrected chi connectivity index (χ4v) is 10.2. The fraction of sp³-hybridized carbons (Fsp3) is 0.786. The monoisotopic (exact) mass is 1110 g/mol. The lowest BCUT2D eigenvalue weighted by Gasteiger charge is -2.40. The zero-order chi connectivity index (χ0) is 57.2. The second-order valence-corrected chi connectivity index (χ2v) is 22.9. The standard InChI is InChI=1S/C70H125NO8/c1-3-5-7-9-11-13-15-17-19-21-22-23-24-25-26-27-28-29-30-31-32-33-34-35-36-37-38-39-40-41-42-44-46-48-50-52-54-56-58-60-66(74)71-63(62-78-70-69(77)68(76)67(75)65(61-72)79-70)64(73)59-57-55-53-51-49-47-45-43-20-18-16-14-12-10-8-6-4-2/h5,7,11,13,17,19-20,22-23,43,49,51,57,59,63-65,67-70,72-73,75-77H,3-4,6,8-10,12,14-16,18,21,24-42,44-48,50,52-56,58,60-62H2,1-2H3,(H,71,74)/b7-5-,13-11-,19-17-,23-22-,43-20+,51-49+,59-57+. The largest absolute Gasteiger partial charge is 0.394 e. The maximum atomic E-state index is 13.1. The molecule has 1 fully saturated rings. The number of aliphatic hydroxyl groups is 5. The lowest BCUT2D eigenvalue weighted by atomic mass is 9.99. The minimum Gasteiger partial charge on any atom is -0.394 e. The highest BCUT2D eigenvalue weighted by molar-refractivity contribution is 5.76. The van der Waals surface area contributed by atoms with Gasteiger partial charge < -0.3 is 40.3 Å². The minimum absolute atomic E-state index is 0.188. The van der Waals surface area contributed by atoms with Crippen molar-refractivity contribution >= 4 is 5.91 Å². The molecule has 0 saturated carbocycles. The Balaban J connectivity index is 2.07. The van der Waals surface area contributed by atoms with Crippen LogP contribution < -0.4 is 5.32 Å². The Morgan fingerprint density at radius 2 is 0.797 bits per heavy atom. The number of hydrogen-bond acceptors (Lipinski definition) is 8. The van der Waals surface area contributed by atoms with Crippen molar-refractivity contribution < 1.29 is 39.8 Å². The summed E-state index contributed by atoms with van der Waals surface area (Å²) in [6.07, 6.45) is 77.0. The van der Waals surface area contributed by atoms with Gasteiger partial charge in [0.1, 0.15) is 24.4 Å². The molecule has 7 unspecified atom stereocenters. The number of amides is 1. The van der Waals surface area contributed by atoms with Gasteiger partial charge in [-0.1, -0.05) is 292 Å². The third-order valence-electron chi connectivity index (χ3n) is 15.4. The van der Waals surface area contributed by atoms with E-state index >= 15 is 0 Å². The highest BCUT2D eigenvalue weighted by Crippen LogP contribution is 2.23. The van der Waals surface area contributed by atoms with Gasteiger partial charge in [0.25, 0.3) is 0 Å². The Bertz CT molecular complexity index is 1520. The summed E-state index contributed by atoms with van der Waals surface area (Å²) in [5, 5.41) is 54.6. The van der Waals surface area contributed by atoms with Crippen molar-refractivity contribution in [2.45, 2.75) is 339 Å². The van der Waals surface area contributed by atoms with Crippen molar-refractivity contribution in [1.29, 1.82) is 0 Å². The number of ether oxygens (including phenoxy) is 2. The van der Waals surface area contributed by atoms with Gasteiger partial charge in [-0.2, -0.15) is 0 Å². The molecule has 7 atom stereocenters. The lowest BCUT2D eigenvalue weighted by molar-refractivity contribution is -0.302. The summed E-state index contributed by atoms with van der Waals surface area (Å²) in [6, 6.07) is -0.830.